The number of carbonyl (C=O) groups is 8. The molecule has 116 heavy (non-hydrogen) atoms. The van der Waals surface area contributed by atoms with Crippen LogP contribution in [0.15, 0.2) is 133 Å². The first-order chi connectivity index (χ1) is 55.0. The number of ether oxygens (including phenoxy) is 1. The quantitative estimate of drug-likeness (QED) is 0.0861. The molecule has 1 aliphatic heterocycles. The topological polar surface area (TPSA) is 194 Å². The summed E-state index contributed by atoms with van der Waals surface area (Å²) in [6.45, 7) is 22.5. The number of hydrogen-bond donors (Lipinski definition) is 4. The number of benzene rings is 7. The molecular weight excluding hydrogens is 1580 g/mol. The molecule has 7 aromatic rings. The number of Topliss-reactive ketones (excluding diaryl/α,β-unsaturated/α-hetero) is 3. The van der Waals surface area contributed by atoms with E-state index in [1.165, 1.54) is 27.8 Å². The molecule has 7 fully saturated rings. The van der Waals surface area contributed by atoms with Crippen LogP contribution >= 0.6 is 69.6 Å². The summed E-state index contributed by atoms with van der Waals surface area (Å²) >= 11 is 36.8. The smallest absolute Gasteiger partial charge is 0.306 e. The van der Waals surface area contributed by atoms with Crippen LogP contribution in [0.3, 0.4) is 0 Å². The fourth-order valence-corrected chi connectivity index (χ4v) is 26.5. The molecule has 19 heteroatoms. The molecule has 7 aromatic carbocycles. The Morgan fingerprint density at radius 2 is 0.862 bits per heavy atom. The summed E-state index contributed by atoms with van der Waals surface area (Å²) in [5.74, 6) is 0.797. The first-order valence-electron chi connectivity index (χ1n) is 41.3. The molecular formula is C97H102Cl6N4O9. The number of nitrogens with one attached hydrogen (secondary N) is 4. The van der Waals surface area contributed by atoms with E-state index in [9.17, 15) is 38.4 Å². The zero-order valence-electron chi connectivity index (χ0n) is 67.7. The highest BCUT2D eigenvalue weighted by Crippen LogP contribution is 2.75. The maximum Gasteiger partial charge on any atom is 0.306 e. The van der Waals surface area contributed by atoms with E-state index in [0.29, 0.717) is 105 Å². The number of ketones is 3. The average Bonchev–Trinajstić information content (AvgIpc) is 1.54. The van der Waals surface area contributed by atoms with Gasteiger partial charge in [0.2, 0.25) is 23.6 Å². The number of carbonyl (C=O) groups excluding carboxylic acids is 8. The Balaban J connectivity index is 0.000000116. The second kappa shape index (κ2) is 30.3. The van der Waals surface area contributed by atoms with Crippen molar-refractivity contribution in [1.29, 1.82) is 0 Å². The summed E-state index contributed by atoms with van der Waals surface area (Å²) in [6.07, 6.45) is 13.5. The molecule has 0 unspecified atom stereocenters. The van der Waals surface area contributed by atoms with Crippen molar-refractivity contribution in [3.8, 4) is 0 Å². The van der Waals surface area contributed by atoms with Crippen LogP contribution in [0.4, 0.5) is 0 Å². The molecule has 4 spiro atoms. The monoisotopic (exact) mass is 1680 g/mol. The van der Waals surface area contributed by atoms with Crippen LogP contribution in [0.25, 0.3) is 5.57 Å². The van der Waals surface area contributed by atoms with Gasteiger partial charge in [0.25, 0.3) is 0 Å². The van der Waals surface area contributed by atoms with Gasteiger partial charge >= 0.3 is 5.97 Å². The molecule has 11 aliphatic carbocycles. The highest BCUT2D eigenvalue weighted by atomic mass is 35.5. The molecule has 4 amide bonds. The van der Waals surface area contributed by atoms with E-state index in [1.807, 2.05) is 25.1 Å². The first-order valence-corrected chi connectivity index (χ1v) is 43.6. The summed E-state index contributed by atoms with van der Waals surface area (Å²) in [5.41, 5.74) is 15.1. The van der Waals surface area contributed by atoms with Gasteiger partial charge in [-0.3, -0.25) is 38.4 Å². The third kappa shape index (κ3) is 13.8. The zero-order chi connectivity index (χ0) is 82.5. The predicted molar refractivity (Wildman–Crippen MR) is 457 cm³/mol. The van der Waals surface area contributed by atoms with Gasteiger partial charge in [0.1, 0.15) is 23.0 Å². The molecule has 0 aromatic heterocycles. The number of aryl methyl sites for hydroxylation is 4. The van der Waals surface area contributed by atoms with Crippen LogP contribution < -0.4 is 21.3 Å². The second-order valence-corrected chi connectivity index (χ2v) is 40.4. The molecule has 13 nitrogen and oxygen atoms in total. The number of halogens is 6. The van der Waals surface area contributed by atoms with Gasteiger partial charge in [0, 0.05) is 113 Å². The number of rotatable bonds is 12. The van der Waals surface area contributed by atoms with Crippen LogP contribution in [0.2, 0.25) is 30.1 Å². The van der Waals surface area contributed by atoms with E-state index in [2.05, 4.69) is 162 Å². The number of esters is 1. The van der Waals surface area contributed by atoms with Gasteiger partial charge in [0.15, 0.2) is 0 Å². The number of hydrogen-bond acceptors (Lipinski definition) is 9. The second-order valence-electron chi connectivity index (χ2n) is 37.8. The summed E-state index contributed by atoms with van der Waals surface area (Å²) in [5, 5.41) is 15.8. The average molecular weight is 1680 g/mol. The molecule has 1 saturated heterocycles. The SMILES string of the molecule is Cc1cccc2c1[C@H](C(=O)NCC(C)C)[C@@]13CC(=O)[C@@](C)(CC=C21)C3.Cc1cccc2c1[C@H](C(=O)NCc1cc(Cl)cc(Cl)c1)[C@@]13CC(=O)O[C@@](C)(CC[C@@H]21)C3.Cc1cccc2c1[C@H](C(=O)NCc1cc(Cl)cc(Cl)c1)[C@@]13CC(=O)[C@@](C)(CC[C@@H]21)C3.Cc1cccc2c1[C@H](C(=O)NCc1ccc(Cl)cc1Cl)[C@@]13CC(=O)[C@@](C)(CC[C@@H]21)C3. The Kier molecular flexibility index (Phi) is 21.4. The molecule has 19 rings (SSSR count). The minimum atomic E-state index is -0.499. The third-order valence-corrected chi connectivity index (χ3v) is 31.1. The van der Waals surface area contributed by atoms with Crippen molar-refractivity contribution >= 4 is 122 Å². The minimum absolute atomic E-state index is 0.00184. The first kappa shape index (κ1) is 82.1. The maximum absolute atomic E-state index is 13.7. The number of fused-ring (bicyclic) bond motifs is 12. The van der Waals surface area contributed by atoms with E-state index in [-0.39, 0.29) is 110 Å². The maximum atomic E-state index is 13.7. The van der Waals surface area contributed by atoms with Crippen molar-refractivity contribution in [2.24, 2.45) is 43.8 Å². The van der Waals surface area contributed by atoms with Crippen molar-refractivity contribution in [1.82, 2.24) is 21.3 Å². The van der Waals surface area contributed by atoms with Crippen molar-refractivity contribution < 1.29 is 43.1 Å². The lowest BCUT2D eigenvalue weighted by Gasteiger charge is -2.53. The molecule has 8 bridgehead atoms. The molecule has 606 valence electrons. The third-order valence-electron chi connectivity index (χ3n) is 29.7. The highest BCUT2D eigenvalue weighted by molar-refractivity contribution is 6.36. The minimum Gasteiger partial charge on any atom is -0.459 e. The number of allylic oxidation sites excluding steroid dienone is 2. The van der Waals surface area contributed by atoms with Gasteiger partial charge in [-0.25, -0.2) is 0 Å². The molecule has 4 N–H and O–H groups in total. The van der Waals surface area contributed by atoms with Crippen LogP contribution in [-0.4, -0.2) is 59.1 Å². The molecule has 15 atom stereocenters. The van der Waals surface area contributed by atoms with Gasteiger partial charge in [0.05, 0.1) is 30.1 Å². The standard InChI is InChI=1S/C25H25Cl2NO3.2C25H25Cl2NO2.C22H27NO2/c1-14-4-3-5-18-19-6-7-24(2)13-25(19,11-20(29)31-24)22(21(14)18)23(30)28-12-15-8-16(26)10-17(27)9-15;1-14-4-3-5-18-19-6-7-24(2)13-25(19,11-20(24)29)22(21(14)18)23(30)28-12-15-8-16(26)10-17(27)9-15;1-14-4-3-5-17-18-8-9-24(2)13-25(18,11-20(24)29)22(21(14)17)23(30)28-12-15-6-7-16(26)10-19(15)27;1-13(2)11-23-20(25)19-18-14(3)6-5-7-15(18)16-8-9-21(4)12-22(16,19)10-17(21)24/h3-5,8-10,19,22H,6-7,11-13H2,1-2H3,(H,28,30);3-5,8-10,19,22H,6-7,11-13H2,1-2H3,(H,28,30);3-7,10,18,22H,8-9,11-13H2,1-2H3,(H,28,30);5-8,13,19H,9-12H2,1-4H3,(H,23,25)/t2*19-,22+,24-,25+;18-,22+,24-,25+;19-,21+,22-/m0001/s1. The van der Waals surface area contributed by atoms with E-state index in [0.717, 1.165) is 125 Å². The molecule has 12 aliphatic rings. The largest absolute Gasteiger partial charge is 0.459 e. The Labute approximate surface area is 711 Å². The van der Waals surface area contributed by atoms with Gasteiger partial charge in [-0.1, -0.05) is 189 Å². The summed E-state index contributed by atoms with van der Waals surface area (Å²) in [6, 6.07) is 41.1. The van der Waals surface area contributed by atoms with Gasteiger partial charge in [-0.05, 0) is 266 Å². The van der Waals surface area contributed by atoms with Gasteiger partial charge in [-0.2, -0.15) is 0 Å². The Bertz CT molecular complexity index is 5330. The summed E-state index contributed by atoms with van der Waals surface area (Å²) < 4.78 is 5.76. The van der Waals surface area contributed by atoms with Crippen LogP contribution in [-0.2, 0) is 62.7 Å². The van der Waals surface area contributed by atoms with Crippen molar-refractivity contribution in [2.75, 3.05) is 6.54 Å². The highest BCUT2D eigenvalue weighted by Gasteiger charge is 2.70. The van der Waals surface area contributed by atoms with Crippen LogP contribution in [0, 0.1) is 71.5 Å². The van der Waals surface area contributed by atoms with Crippen molar-refractivity contribution in [3.63, 3.8) is 0 Å². The van der Waals surface area contributed by atoms with E-state index >= 15 is 0 Å². The predicted octanol–water partition coefficient (Wildman–Crippen LogP) is 21.6. The molecule has 0 radical (unpaired) electrons. The zero-order valence-corrected chi connectivity index (χ0v) is 72.2. The van der Waals surface area contributed by atoms with E-state index in [4.69, 9.17) is 74.3 Å². The van der Waals surface area contributed by atoms with E-state index < -0.39 is 11.0 Å². The summed E-state index contributed by atoms with van der Waals surface area (Å²) in [7, 11) is 0. The van der Waals surface area contributed by atoms with Gasteiger partial charge < -0.3 is 26.0 Å². The Morgan fingerprint density at radius 1 is 0.440 bits per heavy atom. The fraction of sp³-hybridized carbons (Fsp3) is 0.464. The fourth-order valence-electron chi connectivity index (χ4n) is 24.9. The summed E-state index contributed by atoms with van der Waals surface area (Å²) in [4.78, 5) is 106. The lowest BCUT2D eigenvalue weighted by molar-refractivity contribution is -0.189. The van der Waals surface area contributed by atoms with Crippen molar-refractivity contribution in [2.45, 2.75) is 232 Å². The Hall–Kier alpha value is -7.62. The van der Waals surface area contributed by atoms with E-state index in [1.54, 1.807) is 36.4 Å². The lowest BCUT2D eigenvalue weighted by atomic mass is 9.56. The lowest BCUT2D eigenvalue weighted by Crippen LogP contribution is -2.54. The molecule has 1 heterocycles. The van der Waals surface area contributed by atoms with Crippen LogP contribution in [0.1, 0.15) is 263 Å². The van der Waals surface area contributed by atoms with Gasteiger partial charge in [-0.15, -0.1) is 0 Å². The van der Waals surface area contributed by atoms with Crippen molar-refractivity contribution in [3.05, 3.63) is 247 Å². The molecule has 6 saturated carbocycles. The Morgan fingerprint density at radius 3 is 1.33 bits per heavy atom. The van der Waals surface area contributed by atoms with Crippen LogP contribution in [0.5, 0.6) is 0 Å². The normalized spacial score (nSPS) is 31.5. The number of amides is 4.